The monoisotopic (exact) mass is 222 g/mol. The van der Waals surface area contributed by atoms with Crippen LogP contribution in [0.2, 0.25) is 5.15 Å². The third kappa shape index (κ3) is 1.40. The lowest BCUT2D eigenvalue weighted by Gasteiger charge is -2.11. The minimum Gasteiger partial charge on any atom is -0.324 e. The average molecular weight is 223 g/mol. The summed E-state index contributed by atoms with van der Waals surface area (Å²) in [5, 5.41) is 0.504. The molecule has 3 rings (SSSR count). The molecule has 1 aliphatic carbocycles. The number of nitrogens with zero attached hydrogens (tertiary/aromatic N) is 4. The molecule has 1 fully saturated rings. The molecule has 4 nitrogen and oxygen atoms in total. The Bertz CT molecular complexity index is 487. The van der Waals surface area contributed by atoms with Gasteiger partial charge in [0.25, 0.3) is 0 Å². The van der Waals surface area contributed by atoms with Gasteiger partial charge < -0.3 is 4.57 Å². The number of hydrogen-bond donors (Lipinski definition) is 0. The molecule has 0 unspecified atom stereocenters. The molecular weight excluding hydrogens is 212 g/mol. The van der Waals surface area contributed by atoms with Gasteiger partial charge in [-0.05, 0) is 12.8 Å². The van der Waals surface area contributed by atoms with Crippen molar-refractivity contribution in [3.8, 4) is 0 Å². The fraction of sp³-hybridized carbons (Fsp3) is 0.500. The molecule has 1 saturated carbocycles. The maximum atomic E-state index is 6.07. The van der Waals surface area contributed by atoms with Gasteiger partial charge in [-0.1, -0.05) is 24.4 Å². The number of rotatable bonds is 1. The van der Waals surface area contributed by atoms with Crippen LogP contribution in [0, 0.1) is 0 Å². The first-order chi connectivity index (χ1) is 7.36. The molecule has 0 aromatic carbocycles. The van der Waals surface area contributed by atoms with Crippen LogP contribution in [0.3, 0.4) is 0 Å². The molecule has 2 heterocycles. The summed E-state index contributed by atoms with van der Waals surface area (Å²) in [6.07, 6.45) is 8.27. The highest BCUT2D eigenvalue weighted by Gasteiger charge is 2.20. The van der Waals surface area contributed by atoms with Crippen LogP contribution in [0.5, 0.6) is 0 Å². The van der Waals surface area contributed by atoms with Crippen LogP contribution in [-0.4, -0.2) is 19.5 Å². The van der Waals surface area contributed by atoms with Crippen molar-refractivity contribution < 1.29 is 0 Å². The second-order valence-corrected chi connectivity index (χ2v) is 4.28. The van der Waals surface area contributed by atoms with Gasteiger partial charge in [0, 0.05) is 6.04 Å². The Hall–Kier alpha value is -1.16. The zero-order valence-electron chi connectivity index (χ0n) is 8.23. The van der Waals surface area contributed by atoms with Crippen LogP contribution in [-0.2, 0) is 0 Å². The molecule has 0 bridgehead atoms. The van der Waals surface area contributed by atoms with E-state index in [0.29, 0.717) is 16.8 Å². The lowest BCUT2D eigenvalue weighted by Crippen LogP contribution is -2.03. The van der Waals surface area contributed by atoms with Gasteiger partial charge in [-0.15, -0.1) is 0 Å². The van der Waals surface area contributed by atoms with Crippen molar-refractivity contribution in [1.82, 2.24) is 19.5 Å². The molecule has 1 aliphatic rings. The molecule has 0 N–H and O–H groups in total. The van der Waals surface area contributed by atoms with Crippen molar-refractivity contribution >= 4 is 22.8 Å². The van der Waals surface area contributed by atoms with Crippen LogP contribution < -0.4 is 0 Å². The van der Waals surface area contributed by atoms with Crippen LogP contribution >= 0.6 is 11.6 Å². The van der Waals surface area contributed by atoms with E-state index < -0.39 is 0 Å². The second kappa shape index (κ2) is 3.45. The van der Waals surface area contributed by atoms with Crippen LogP contribution in [0.4, 0.5) is 0 Å². The highest BCUT2D eigenvalue weighted by molar-refractivity contribution is 6.33. The van der Waals surface area contributed by atoms with Crippen LogP contribution in [0.15, 0.2) is 12.7 Å². The van der Waals surface area contributed by atoms with E-state index in [1.54, 1.807) is 0 Å². The first-order valence-corrected chi connectivity index (χ1v) is 5.57. The van der Waals surface area contributed by atoms with E-state index in [4.69, 9.17) is 11.6 Å². The van der Waals surface area contributed by atoms with E-state index >= 15 is 0 Å². The maximum absolute atomic E-state index is 6.07. The largest absolute Gasteiger partial charge is 0.324 e. The van der Waals surface area contributed by atoms with E-state index in [2.05, 4.69) is 19.5 Å². The average Bonchev–Trinajstić information content (AvgIpc) is 2.85. The predicted molar refractivity (Wildman–Crippen MR) is 57.8 cm³/mol. The number of aromatic nitrogens is 4. The molecule has 78 valence electrons. The number of hydrogen-bond acceptors (Lipinski definition) is 3. The highest BCUT2D eigenvalue weighted by atomic mass is 35.5. The van der Waals surface area contributed by atoms with Gasteiger partial charge in [-0.25, -0.2) is 15.0 Å². The second-order valence-electron chi connectivity index (χ2n) is 3.93. The summed E-state index contributed by atoms with van der Waals surface area (Å²) in [5.41, 5.74) is 1.58. The van der Waals surface area contributed by atoms with Crippen molar-refractivity contribution in [2.24, 2.45) is 0 Å². The predicted octanol–water partition coefficient (Wildman–Crippen LogP) is 2.59. The third-order valence-electron chi connectivity index (χ3n) is 3.04. The van der Waals surface area contributed by atoms with Crippen molar-refractivity contribution in [2.75, 3.05) is 0 Å². The Balaban J connectivity index is 2.18. The van der Waals surface area contributed by atoms with E-state index in [1.165, 1.54) is 32.0 Å². The highest BCUT2D eigenvalue weighted by Crippen LogP contribution is 2.32. The summed E-state index contributed by atoms with van der Waals surface area (Å²) in [5.74, 6) is 0. The molecular formula is C10H11ClN4. The Morgan fingerprint density at radius 3 is 2.80 bits per heavy atom. The molecule has 0 spiro atoms. The standard InChI is InChI=1S/C10H11ClN4/c11-9-8-10(13-5-12-9)14-6-15(8)7-3-1-2-4-7/h5-7H,1-4H2. The molecule has 5 heteroatoms. The number of halogens is 1. The molecule has 0 aliphatic heterocycles. The maximum Gasteiger partial charge on any atom is 0.182 e. The number of imidazole rings is 1. The zero-order valence-corrected chi connectivity index (χ0v) is 8.98. The summed E-state index contributed by atoms with van der Waals surface area (Å²) in [6, 6.07) is 0.526. The summed E-state index contributed by atoms with van der Waals surface area (Å²) in [6.45, 7) is 0. The Morgan fingerprint density at radius 2 is 2.00 bits per heavy atom. The molecule has 2 aromatic rings. The van der Waals surface area contributed by atoms with Crippen molar-refractivity contribution in [3.05, 3.63) is 17.8 Å². The summed E-state index contributed by atoms with van der Waals surface area (Å²) in [4.78, 5) is 12.4. The van der Waals surface area contributed by atoms with Gasteiger partial charge in [0.05, 0.1) is 6.33 Å². The molecule has 15 heavy (non-hydrogen) atoms. The van der Waals surface area contributed by atoms with Gasteiger partial charge in [-0.3, -0.25) is 0 Å². The third-order valence-corrected chi connectivity index (χ3v) is 3.32. The summed E-state index contributed by atoms with van der Waals surface area (Å²) >= 11 is 6.07. The van der Waals surface area contributed by atoms with E-state index in [0.717, 1.165) is 5.52 Å². The molecule has 2 aromatic heterocycles. The van der Waals surface area contributed by atoms with Gasteiger partial charge in [0.1, 0.15) is 11.8 Å². The normalized spacial score (nSPS) is 17.7. The van der Waals surface area contributed by atoms with E-state index in [-0.39, 0.29) is 0 Å². The van der Waals surface area contributed by atoms with E-state index in [9.17, 15) is 0 Å². The van der Waals surface area contributed by atoms with Crippen molar-refractivity contribution in [3.63, 3.8) is 0 Å². The summed E-state index contributed by atoms with van der Waals surface area (Å²) < 4.78 is 2.13. The first kappa shape index (κ1) is 9.09. The van der Waals surface area contributed by atoms with Gasteiger partial charge in [0.2, 0.25) is 0 Å². The number of fused-ring (bicyclic) bond motifs is 1. The Labute approximate surface area is 92.3 Å². The SMILES string of the molecule is Clc1ncnc2ncn(C3CCCC3)c12. The Morgan fingerprint density at radius 1 is 1.20 bits per heavy atom. The Kier molecular flexibility index (Phi) is 2.09. The topological polar surface area (TPSA) is 43.6 Å². The van der Waals surface area contributed by atoms with Crippen molar-refractivity contribution in [1.29, 1.82) is 0 Å². The molecule has 0 atom stereocenters. The van der Waals surface area contributed by atoms with Gasteiger partial charge >= 0.3 is 0 Å². The lowest BCUT2D eigenvalue weighted by atomic mass is 10.2. The molecule has 0 radical (unpaired) electrons. The quantitative estimate of drug-likeness (QED) is 0.697. The summed E-state index contributed by atoms with van der Waals surface area (Å²) in [7, 11) is 0. The molecule has 0 saturated heterocycles. The lowest BCUT2D eigenvalue weighted by molar-refractivity contribution is 0.532. The van der Waals surface area contributed by atoms with E-state index in [1.807, 2.05) is 6.33 Å². The zero-order chi connectivity index (χ0) is 10.3. The van der Waals surface area contributed by atoms with Gasteiger partial charge in [-0.2, -0.15) is 0 Å². The van der Waals surface area contributed by atoms with Gasteiger partial charge in [0.15, 0.2) is 10.8 Å². The smallest absolute Gasteiger partial charge is 0.182 e. The molecule has 0 amide bonds. The first-order valence-electron chi connectivity index (χ1n) is 5.19. The fourth-order valence-electron chi connectivity index (χ4n) is 2.30. The fourth-order valence-corrected chi connectivity index (χ4v) is 2.52. The minimum absolute atomic E-state index is 0.504. The van der Waals surface area contributed by atoms with Crippen LogP contribution in [0.1, 0.15) is 31.7 Å². The van der Waals surface area contributed by atoms with Crippen LogP contribution in [0.25, 0.3) is 11.2 Å². The minimum atomic E-state index is 0.504. The van der Waals surface area contributed by atoms with Crippen molar-refractivity contribution in [2.45, 2.75) is 31.7 Å².